The highest BCUT2D eigenvalue weighted by molar-refractivity contribution is 6.29. The molecule has 4 heteroatoms. The maximum atomic E-state index is 11.5. The minimum Gasteiger partial charge on any atom is -0.392 e. The molecule has 1 aromatic rings. The molecule has 0 bridgehead atoms. The number of benzene rings is 1. The van der Waals surface area contributed by atoms with Crippen molar-refractivity contribution >= 4 is 17.5 Å². The Labute approximate surface area is 93.4 Å². The Balaban J connectivity index is 2.62. The van der Waals surface area contributed by atoms with Crippen LogP contribution in [0.3, 0.4) is 0 Å². The van der Waals surface area contributed by atoms with Crippen molar-refractivity contribution in [1.29, 1.82) is 0 Å². The van der Waals surface area contributed by atoms with Gasteiger partial charge in [-0.25, -0.2) is 0 Å². The van der Waals surface area contributed by atoms with Crippen LogP contribution in [0.4, 0.5) is 0 Å². The van der Waals surface area contributed by atoms with E-state index < -0.39 is 0 Å². The Morgan fingerprint density at radius 1 is 1.40 bits per heavy atom. The van der Waals surface area contributed by atoms with Crippen LogP contribution in [0.5, 0.6) is 0 Å². The number of nitrogens with one attached hydrogen (secondary N) is 1. The first-order valence-electron chi connectivity index (χ1n) is 4.44. The fourth-order valence-electron chi connectivity index (χ4n) is 1.04. The summed E-state index contributed by atoms with van der Waals surface area (Å²) < 4.78 is 0. The van der Waals surface area contributed by atoms with Crippen molar-refractivity contribution in [3.05, 3.63) is 47.0 Å². The average molecular weight is 226 g/mol. The third-order valence-electron chi connectivity index (χ3n) is 1.84. The fourth-order valence-corrected chi connectivity index (χ4v) is 1.11. The fraction of sp³-hybridized carbons (Fsp3) is 0.182. The van der Waals surface area contributed by atoms with Crippen LogP contribution in [-0.2, 0) is 6.61 Å². The first kappa shape index (κ1) is 11.8. The number of aliphatic hydroxyl groups excluding tert-OH is 1. The van der Waals surface area contributed by atoms with Crippen LogP contribution in [0, 0.1) is 0 Å². The van der Waals surface area contributed by atoms with E-state index in [-0.39, 0.29) is 19.1 Å². The second-order valence-corrected chi connectivity index (χ2v) is 3.59. The first-order valence-corrected chi connectivity index (χ1v) is 4.82. The molecule has 0 saturated carbocycles. The van der Waals surface area contributed by atoms with Gasteiger partial charge in [-0.05, 0) is 17.7 Å². The molecule has 0 spiro atoms. The summed E-state index contributed by atoms with van der Waals surface area (Å²) in [6.45, 7) is 3.69. The third kappa shape index (κ3) is 3.73. The van der Waals surface area contributed by atoms with Crippen LogP contribution in [0.1, 0.15) is 15.9 Å². The molecule has 2 N–H and O–H groups in total. The van der Waals surface area contributed by atoms with Crippen LogP contribution >= 0.6 is 11.6 Å². The van der Waals surface area contributed by atoms with Crippen LogP contribution < -0.4 is 5.32 Å². The molecule has 0 aromatic heterocycles. The summed E-state index contributed by atoms with van der Waals surface area (Å²) in [6, 6.07) is 6.70. The number of rotatable bonds is 4. The average Bonchev–Trinajstić information content (AvgIpc) is 2.26. The molecule has 15 heavy (non-hydrogen) atoms. The van der Waals surface area contributed by atoms with Gasteiger partial charge in [-0.3, -0.25) is 4.79 Å². The first-order chi connectivity index (χ1) is 7.13. The summed E-state index contributed by atoms with van der Waals surface area (Å²) >= 11 is 5.51. The van der Waals surface area contributed by atoms with E-state index in [1.807, 2.05) is 0 Å². The molecule has 0 radical (unpaired) electrons. The SMILES string of the molecule is C=C(Cl)CNC(=O)c1ccc(CO)cc1. The highest BCUT2D eigenvalue weighted by atomic mass is 35.5. The van der Waals surface area contributed by atoms with Gasteiger partial charge in [-0.2, -0.15) is 0 Å². The van der Waals surface area contributed by atoms with E-state index >= 15 is 0 Å². The molecule has 0 aliphatic heterocycles. The Morgan fingerprint density at radius 3 is 2.47 bits per heavy atom. The minimum atomic E-state index is -0.207. The van der Waals surface area contributed by atoms with Crippen molar-refractivity contribution in [3.63, 3.8) is 0 Å². The Morgan fingerprint density at radius 2 is 2.00 bits per heavy atom. The van der Waals surface area contributed by atoms with Crippen LogP contribution in [0.2, 0.25) is 0 Å². The molecule has 1 rings (SSSR count). The number of halogens is 1. The van der Waals surface area contributed by atoms with E-state index in [9.17, 15) is 4.79 Å². The van der Waals surface area contributed by atoms with Gasteiger partial charge in [0.1, 0.15) is 0 Å². The monoisotopic (exact) mass is 225 g/mol. The van der Waals surface area contributed by atoms with Gasteiger partial charge in [0, 0.05) is 10.6 Å². The molecule has 3 nitrogen and oxygen atoms in total. The van der Waals surface area contributed by atoms with Gasteiger partial charge in [0.25, 0.3) is 5.91 Å². The summed E-state index contributed by atoms with van der Waals surface area (Å²) in [6.07, 6.45) is 0. The van der Waals surface area contributed by atoms with Crippen molar-refractivity contribution < 1.29 is 9.90 Å². The summed E-state index contributed by atoms with van der Waals surface area (Å²) in [5.41, 5.74) is 1.30. The lowest BCUT2D eigenvalue weighted by Gasteiger charge is -2.04. The van der Waals surface area contributed by atoms with Crippen molar-refractivity contribution in [1.82, 2.24) is 5.32 Å². The highest BCUT2D eigenvalue weighted by Crippen LogP contribution is 2.04. The van der Waals surface area contributed by atoms with Gasteiger partial charge in [0.2, 0.25) is 0 Å². The topological polar surface area (TPSA) is 49.3 Å². The number of amides is 1. The lowest BCUT2D eigenvalue weighted by atomic mass is 10.1. The van der Waals surface area contributed by atoms with E-state index in [0.717, 1.165) is 5.56 Å². The zero-order valence-corrected chi connectivity index (χ0v) is 8.92. The molecule has 0 unspecified atom stereocenters. The zero-order chi connectivity index (χ0) is 11.3. The number of aliphatic hydroxyl groups is 1. The van der Waals surface area contributed by atoms with Crippen molar-refractivity contribution in [2.75, 3.05) is 6.54 Å². The molecule has 0 saturated heterocycles. The Kier molecular flexibility index (Phi) is 4.34. The maximum Gasteiger partial charge on any atom is 0.251 e. The number of carbonyl (C=O) groups excluding carboxylic acids is 1. The molecule has 0 aliphatic rings. The summed E-state index contributed by atoms with van der Waals surface area (Å²) in [5, 5.41) is 11.8. The van der Waals surface area contributed by atoms with E-state index in [1.54, 1.807) is 24.3 Å². The lowest BCUT2D eigenvalue weighted by Crippen LogP contribution is -2.24. The minimum absolute atomic E-state index is 0.0274. The quantitative estimate of drug-likeness (QED) is 0.819. The van der Waals surface area contributed by atoms with Crippen LogP contribution in [-0.4, -0.2) is 17.6 Å². The predicted octanol–water partition coefficient (Wildman–Crippen LogP) is 1.66. The number of hydrogen-bond acceptors (Lipinski definition) is 2. The molecular weight excluding hydrogens is 214 g/mol. The summed E-state index contributed by atoms with van der Waals surface area (Å²) in [7, 11) is 0. The predicted molar refractivity (Wildman–Crippen MR) is 59.7 cm³/mol. The molecule has 0 fully saturated rings. The van der Waals surface area contributed by atoms with E-state index in [1.165, 1.54) is 0 Å². The number of carbonyl (C=O) groups is 1. The normalized spacial score (nSPS) is 9.73. The second kappa shape index (κ2) is 5.53. The van der Waals surface area contributed by atoms with Crippen molar-refractivity contribution in [2.24, 2.45) is 0 Å². The van der Waals surface area contributed by atoms with Gasteiger partial charge in [0.15, 0.2) is 0 Å². The standard InChI is InChI=1S/C11H12ClNO2/c1-8(12)6-13-11(15)10-4-2-9(7-14)3-5-10/h2-5,14H,1,6-7H2,(H,13,15). The van der Waals surface area contributed by atoms with Crippen LogP contribution in [0.25, 0.3) is 0 Å². The number of hydrogen-bond donors (Lipinski definition) is 2. The van der Waals surface area contributed by atoms with Gasteiger partial charge in [-0.1, -0.05) is 30.3 Å². The molecule has 0 atom stereocenters. The van der Waals surface area contributed by atoms with Gasteiger partial charge < -0.3 is 10.4 Å². The largest absolute Gasteiger partial charge is 0.392 e. The molecule has 0 heterocycles. The highest BCUT2D eigenvalue weighted by Gasteiger charge is 2.04. The molecule has 0 aliphatic carbocycles. The molecular formula is C11H12ClNO2. The molecule has 80 valence electrons. The summed E-state index contributed by atoms with van der Waals surface area (Å²) in [4.78, 5) is 11.5. The van der Waals surface area contributed by atoms with E-state index in [4.69, 9.17) is 16.7 Å². The van der Waals surface area contributed by atoms with E-state index in [2.05, 4.69) is 11.9 Å². The van der Waals surface area contributed by atoms with Crippen molar-refractivity contribution in [2.45, 2.75) is 6.61 Å². The Bertz CT molecular complexity index is 359. The molecule has 1 aromatic carbocycles. The summed E-state index contributed by atoms with van der Waals surface area (Å²) in [5.74, 6) is -0.207. The van der Waals surface area contributed by atoms with Crippen molar-refractivity contribution in [3.8, 4) is 0 Å². The van der Waals surface area contributed by atoms with Crippen LogP contribution in [0.15, 0.2) is 35.9 Å². The maximum absolute atomic E-state index is 11.5. The van der Waals surface area contributed by atoms with Gasteiger partial charge >= 0.3 is 0 Å². The second-order valence-electron chi connectivity index (χ2n) is 3.05. The smallest absolute Gasteiger partial charge is 0.251 e. The van der Waals surface area contributed by atoms with E-state index in [0.29, 0.717) is 10.6 Å². The molecule has 1 amide bonds. The zero-order valence-electron chi connectivity index (χ0n) is 8.16. The van der Waals surface area contributed by atoms with Gasteiger partial charge in [-0.15, -0.1) is 0 Å². The third-order valence-corrected chi connectivity index (χ3v) is 1.97. The Hall–Kier alpha value is -1.32. The lowest BCUT2D eigenvalue weighted by molar-refractivity contribution is 0.0957. The van der Waals surface area contributed by atoms with Gasteiger partial charge in [0.05, 0.1) is 13.2 Å².